The average Bonchev–Trinajstić information content (AvgIpc) is 2.95. The van der Waals surface area contributed by atoms with Crippen molar-refractivity contribution >= 4 is 11.7 Å². The topological polar surface area (TPSA) is 60.3 Å². The molecule has 0 bridgehead atoms. The molecule has 0 saturated carbocycles. The van der Waals surface area contributed by atoms with Crippen molar-refractivity contribution < 1.29 is 14.3 Å². The van der Waals surface area contributed by atoms with Crippen molar-refractivity contribution in [2.45, 2.75) is 32.7 Å². The molecule has 1 heterocycles. The summed E-state index contributed by atoms with van der Waals surface area (Å²) >= 11 is 0. The lowest BCUT2D eigenvalue weighted by molar-refractivity contribution is 0.0930. The van der Waals surface area contributed by atoms with Gasteiger partial charge >= 0.3 is 0 Å². The molecule has 1 aromatic heterocycles. The molecule has 0 unspecified atom stereocenters. The Morgan fingerprint density at radius 3 is 2.46 bits per heavy atom. The molecule has 1 atom stereocenters. The van der Waals surface area contributed by atoms with E-state index >= 15 is 0 Å². The van der Waals surface area contributed by atoms with E-state index in [-0.39, 0.29) is 17.7 Å². The van der Waals surface area contributed by atoms with Gasteiger partial charge in [0.1, 0.15) is 11.4 Å². The summed E-state index contributed by atoms with van der Waals surface area (Å²) in [6.45, 7) is 3.48. The van der Waals surface area contributed by atoms with Gasteiger partial charge in [-0.2, -0.15) is 0 Å². The number of amides is 1. The molecule has 0 aliphatic rings. The predicted molar refractivity (Wildman–Crippen MR) is 93.7 cm³/mol. The summed E-state index contributed by atoms with van der Waals surface area (Å²) in [4.78, 5) is 23.8. The van der Waals surface area contributed by atoms with Crippen molar-refractivity contribution in [2.75, 3.05) is 7.11 Å². The van der Waals surface area contributed by atoms with Gasteiger partial charge in [0, 0.05) is 24.8 Å². The number of ketones is 1. The molecule has 0 radical (unpaired) electrons. The SMILES string of the molecule is COc1ccc(CC[C@@H](C)NC(=O)c2cc(C(C)=O)cn2C)cc1. The molecule has 128 valence electrons. The number of rotatable bonds is 7. The first-order chi connectivity index (χ1) is 11.4. The molecule has 0 aliphatic heterocycles. The van der Waals surface area contributed by atoms with Gasteiger partial charge in [-0.25, -0.2) is 0 Å². The van der Waals surface area contributed by atoms with Gasteiger partial charge in [0.05, 0.1) is 7.11 Å². The van der Waals surface area contributed by atoms with E-state index in [0.717, 1.165) is 18.6 Å². The van der Waals surface area contributed by atoms with Crippen LogP contribution in [0, 0.1) is 0 Å². The molecule has 24 heavy (non-hydrogen) atoms. The minimum absolute atomic E-state index is 0.0373. The largest absolute Gasteiger partial charge is 0.497 e. The van der Waals surface area contributed by atoms with Crippen molar-refractivity contribution in [3.63, 3.8) is 0 Å². The third-order valence-electron chi connectivity index (χ3n) is 4.05. The smallest absolute Gasteiger partial charge is 0.268 e. The predicted octanol–water partition coefficient (Wildman–Crippen LogP) is 2.99. The summed E-state index contributed by atoms with van der Waals surface area (Å²) in [5.41, 5.74) is 2.25. The Bertz CT molecular complexity index is 717. The average molecular weight is 328 g/mol. The Morgan fingerprint density at radius 1 is 1.25 bits per heavy atom. The van der Waals surface area contributed by atoms with E-state index in [1.54, 1.807) is 31.0 Å². The number of nitrogens with zero attached hydrogens (tertiary/aromatic N) is 1. The molecular formula is C19H24N2O3. The van der Waals surface area contributed by atoms with E-state index in [9.17, 15) is 9.59 Å². The van der Waals surface area contributed by atoms with Crippen LogP contribution in [0.1, 0.15) is 46.7 Å². The first-order valence-electron chi connectivity index (χ1n) is 8.01. The number of ether oxygens (including phenoxy) is 1. The number of aryl methyl sites for hydroxylation is 2. The quantitative estimate of drug-likeness (QED) is 0.795. The highest BCUT2D eigenvalue weighted by atomic mass is 16.5. The number of Topliss-reactive ketones (excluding diaryl/α,β-unsaturated/α-hetero) is 1. The highest BCUT2D eigenvalue weighted by molar-refractivity contribution is 5.99. The third-order valence-corrected chi connectivity index (χ3v) is 4.05. The third kappa shape index (κ3) is 4.47. The maximum absolute atomic E-state index is 12.3. The summed E-state index contributed by atoms with van der Waals surface area (Å²) < 4.78 is 6.83. The fourth-order valence-corrected chi connectivity index (χ4v) is 2.53. The molecule has 0 spiro atoms. The first-order valence-corrected chi connectivity index (χ1v) is 8.01. The summed E-state index contributed by atoms with van der Waals surface area (Å²) in [5.74, 6) is 0.634. The van der Waals surface area contributed by atoms with Crippen molar-refractivity contribution in [1.82, 2.24) is 9.88 Å². The number of carbonyl (C=O) groups is 2. The highest BCUT2D eigenvalue weighted by Crippen LogP contribution is 2.14. The number of nitrogens with one attached hydrogen (secondary N) is 1. The van der Waals surface area contributed by atoms with Crippen molar-refractivity contribution in [1.29, 1.82) is 0 Å². The normalized spacial score (nSPS) is 11.8. The van der Waals surface area contributed by atoms with Crippen LogP contribution in [0.4, 0.5) is 0 Å². The summed E-state index contributed by atoms with van der Waals surface area (Å²) in [6, 6.07) is 9.61. The second-order valence-electron chi connectivity index (χ2n) is 6.04. The maximum Gasteiger partial charge on any atom is 0.268 e. The Labute approximate surface area is 142 Å². The zero-order valence-electron chi connectivity index (χ0n) is 14.6. The van der Waals surface area contributed by atoms with E-state index in [4.69, 9.17) is 4.74 Å². The van der Waals surface area contributed by atoms with Gasteiger partial charge in [0.15, 0.2) is 5.78 Å². The minimum atomic E-state index is -0.160. The second kappa shape index (κ2) is 7.81. The van der Waals surface area contributed by atoms with E-state index < -0.39 is 0 Å². The lowest BCUT2D eigenvalue weighted by atomic mass is 10.1. The Morgan fingerprint density at radius 2 is 1.92 bits per heavy atom. The zero-order valence-corrected chi connectivity index (χ0v) is 14.6. The number of hydrogen-bond acceptors (Lipinski definition) is 3. The van der Waals surface area contributed by atoms with Crippen LogP contribution in [0.5, 0.6) is 5.75 Å². The molecule has 1 amide bonds. The van der Waals surface area contributed by atoms with E-state index in [1.807, 2.05) is 31.2 Å². The van der Waals surface area contributed by atoms with Gasteiger partial charge in [-0.05, 0) is 50.5 Å². The van der Waals surface area contributed by atoms with Gasteiger partial charge in [0.2, 0.25) is 0 Å². The highest BCUT2D eigenvalue weighted by Gasteiger charge is 2.15. The van der Waals surface area contributed by atoms with Crippen molar-refractivity contribution in [2.24, 2.45) is 7.05 Å². The Kier molecular flexibility index (Phi) is 5.79. The maximum atomic E-state index is 12.3. The monoisotopic (exact) mass is 328 g/mol. The van der Waals surface area contributed by atoms with Crippen LogP contribution < -0.4 is 10.1 Å². The van der Waals surface area contributed by atoms with Gasteiger partial charge < -0.3 is 14.6 Å². The molecule has 0 aliphatic carbocycles. The Hall–Kier alpha value is -2.56. The summed E-state index contributed by atoms with van der Waals surface area (Å²) in [5, 5.41) is 2.99. The fourth-order valence-electron chi connectivity index (χ4n) is 2.53. The molecule has 2 aromatic rings. The number of benzene rings is 1. The van der Waals surface area contributed by atoms with Crippen LogP contribution >= 0.6 is 0 Å². The van der Waals surface area contributed by atoms with Crippen LogP contribution in [0.3, 0.4) is 0 Å². The number of methoxy groups -OCH3 is 1. The van der Waals surface area contributed by atoms with Gasteiger partial charge in [-0.1, -0.05) is 12.1 Å². The van der Waals surface area contributed by atoms with Crippen LogP contribution in [0.15, 0.2) is 36.5 Å². The van der Waals surface area contributed by atoms with Gasteiger partial charge in [-0.3, -0.25) is 9.59 Å². The van der Waals surface area contributed by atoms with Crippen molar-refractivity contribution in [3.8, 4) is 5.75 Å². The standard InChI is InChI=1S/C19H24N2O3/c1-13(5-6-15-7-9-17(24-4)10-8-15)20-19(23)18-11-16(14(2)22)12-21(18)3/h7-13H,5-6H2,1-4H3,(H,20,23)/t13-/m1/s1. The van der Waals surface area contributed by atoms with Crippen molar-refractivity contribution in [3.05, 3.63) is 53.3 Å². The van der Waals surface area contributed by atoms with E-state index in [2.05, 4.69) is 5.32 Å². The van der Waals surface area contributed by atoms with Gasteiger partial charge in [0.25, 0.3) is 5.91 Å². The molecule has 0 saturated heterocycles. The molecule has 0 fully saturated rings. The number of carbonyl (C=O) groups excluding carboxylic acids is 2. The molecule has 5 heteroatoms. The van der Waals surface area contributed by atoms with Crippen LogP contribution in [0.2, 0.25) is 0 Å². The molecular weight excluding hydrogens is 304 g/mol. The van der Waals surface area contributed by atoms with Crippen LogP contribution in [-0.4, -0.2) is 29.4 Å². The molecule has 1 aromatic carbocycles. The number of aromatic nitrogens is 1. The lowest BCUT2D eigenvalue weighted by Crippen LogP contribution is -2.33. The second-order valence-corrected chi connectivity index (χ2v) is 6.04. The number of hydrogen-bond donors (Lipinski definition) is 1. The van der Waals surface area contributed by atoms with Crippen LogP contribution in [-0.2, 0) is 13.5 Å². The molecule has 1 N–H and O–H groups in total. The first kappa shape index (κ1) is 17.8. The summed E-state index contributed by atoms with van der Waals surface area (Å²) in [7, 11) is 3.41. The minimum Gasteiger partial charge on any atom is -0.497 e. The Balaban J connectivity index is 1.90. The van der Waals surface area contributed by atoms with E-state index in [0.29, 0.717) is 11.3 Å². The molecule has 5 nitrogen and oxygen atoms in total. The van der Waals surface area contributed by atoms with Crippen LogP contribution in [0.25, 0.3) is 0 Å². The van der Waals surface area contributed by atoms with Gasteiger partial charge in [-0.15, -0.1) is 0 Å². The molecule has 2 rings (SSSR count). The summed E-state index contributed by atoms with van der Waals surface area (Å²) in [6.07, 6.45) is 3.39. The fraction of sp³-hybridized carbons (Fsp3) is 0.368. The van der Waals surface area contributed by atoms with E-state index in [1.165, 1.54) is 12.5 Å². The lowest BCUT2D eigenvalue weighted by Gasteiger charge is -2.14. The zero-order chi connectivity index (χ0) is 17.7.